The number of nitrogens with one attached hydrogen (secondary N) is 1. The number of phenols is 2. The van der Waals surface area contributed by atoms with Gasteiger partial charge in [-0.1, -0.05) is 11.8 Å². The van der Waals surface area contributed by atoms with Crippen molar-refractivity contribution in [1.82, 2.24) is 19.9 Å². The maximum Gasteiger partial charge on any atom is 0.181 e. The number of fused-ring (bicyclic) bond motifs is 1. The Morgan fingerprint density at radius 3 is 2.90 bits per heavy atom. The fraction of sp³-hybridized carbons (Fsp3) is 0.0769. The predicted octanol–water partition coefficient (Wildman–Crippen LogP) is 1.74. The zero-order valence-corrected chi connectivity index (χ0v) is 11.5. The predicted molar refractivity (Wildman–Crippen MR) is 76.5 cm³/mol. The molecule has 0 fully saturated rings. The van der Waals surface area contributed by atoms with Gasteiger partial charge in [-0.05, 0) is 12.1 Å². The van der Waals surface area contributed by atoms with Gasteiger partial charge in [0.1, 0.15) is 28.4 Å². The van der Waals surface area contributed by atoms with E-state index in [0.29, 0.717) is 16.2 Å². The molecule has 8 heteroatoms. The number of hydrogen-bond acceptors (Lipinski definition) is 7. The molecule has 0 bridgehead atoms. The number of thioether (sulfide) groups is 1. The monoisotopic (exact) mass is 302 g/mol. The summed E-state index contributed by atoms with van der Waals surface area (Å²) >= 11 is 1.22. The maximum atomic E-state index is 12.1. The van der Waals surface area contributed by atoms with Gasteiger partial charge < -0.3 is 15.2 Å². The Hall–Kier alpha value is -2.61. The van der Waals surface area contributed by atoms with Crippen molar-refractivity contribution < 1.29 is 15.0 Å². The Labute approximate surface area is 123 Å². The van der Waals surface area contributed by atoms with Crippen LogP contribution in [0.4, 0.5) is 0 Å². The molecule has 0 aliphatic rings. The van der Waals surface area contributed by atoms with Gasteiger partial charge in [0.15, 0.2) is 11.4 Å². The van der Waals surface area contributed by atoms with E-state index in [2.05, 4.69) is 19.9 Å². The molecule has 21 heavy (non-hydrogen) atoms. The molecule has 3 N–H and O–H groups in total. The second kappa shape index (κ2) is 5.41. The molecule has 1 aromatic carbocycles. The minimum Gasteiger partial charge on any atom is -0.508 e. The van der Waals surface area contributed by atoms with Gasteiger partial charge in [0.25, 0.3) is 0 Å². The molecule has 0 amide bonds. The van der Waals surface area contributed by atoms with E-state index in [-0.39, 0.29) is 28.6 Å². The number of benzene rings is 1. The van der Waals surface area contributed by atoms with Crippen LogP contribution in [0.1, 0.15) is 10.4 Å². The fourth-order valence-electron chi connectivity index (χ4n) is 1.82. The molecule has 2 heterocycles. The van der Waals surface area contributed by atoms with Crippen LogP contribution in [0.5, 0.6) is 11.5 Å². The molecule has 3 rings (SSSR count). The highest BCUT2D eigenvalue weighted by atomic mass is 32.2. The van der Waals surface area contributed by atoms with Crippen molar-refractivity contribution in [3.63, 3.8) is 0 Å². The minimum atomic E-state index is -0.260. The summed E-state index contributed by atoms with van der Waals surface area (Å²) in [5.74, 6) is -0.492. The van der Waals surface area contributed by atoms with E-state index in [1.165, 1.54) is 36.5 Å². The van der Waals surface area contributed by atoms with Crippen molar-refractivity contribution >= 4 is 28.7 Å². The van der Waals surface area contributed by atoms with Crippen LogP contribution in [-0.4, -0.2) is 41.7 Å². The Morgan fingerprint density at radius 2 is 2.10 bits per heavy atom. The third kappa shape index (κ3) is 2.65. The summed E-state index contributed by atoms with van der Waals surface area (Å²) in [6, 6.07) is 3.88. The SMILES string of the molecule is O=C(CSc1ncnc2nc[nH]c12)c1ccc(O)cc1O. The molecule has 0 saturated carbocycles. The maximum absolute atomic E-state index is 12.1. The van der Waals surface area contributed by atoms with Gasteiger partial charge in [-0.25, -0.2) is 15.0 Å². The van der Waals surface area contributed by atoms with Gasteiger partial charge >= 0.3 is 0 Å². The van der Waals surface area contributed by atoms with E-state index in [1.807, 2.05) is 0 Å². The first-order valence-corrected chi connectivity index (χ1v) is 6.96. The molecule has 0 atom stereocenters. The van der Waals surface area contributed by atoms with Gasteiger partial charge in [-0.3, -0.25) is 4.79 Å². The molecule has 7 nitrogen and oxygen atoms in total. The largest absolute Gasteiger partial charge is 0.508 e. The van der Waals surface area contributed by atoms with Crippen molar-refractivity contribution in [3.05, 3.63) is 36.4 Å². The molecule has 0 radical (unpaired) electrons. The van der Waals surface area contributed by atoms with Crippen molar-refractivity contribution in [3.8, 4) is 11.5 Å². The van der Waals surface area contributed by atoms with E-state index in [1.54, 1.807) is 0 Å². The van der Waals surface area contributed by atoms with E-state index >= 15 is 0 Å². The van der Waals surface area contributed by atoms with E-state index in [9.17, 15) is 15.0 Å². The molecular weight excluding hydrogens is 292 g/mol. The minimum absolute atomic E-state index is 0.0910. The number of nitrogens with zero attached hydrogens (tertiary/aromatic N) is 3. The second-order valence-corrected chi connectivity index (χ2v) is 5.16. The van der Waals surface area contributed by atoms with Crippen LogP contribution in [-0.2, 0) is 0 Å². The first kappa shape index (κ1) is 13.4. The summed E-state index contributed by atoms with van der Waals surface area (Å²) < 4.78 is 0. The highest BCUT2D eigenvalue weighted by Crippen LogP contribution is 2.26. The van der Waals surface area contributed by atoms with Crippen LogP contribution in [0.25, 0.3) is 11.2 Å². The van der Waals surface area contributed by atoms with E-state index < -0.39 is 0 Å². The third-order valence-electron chi connectivity index (χ3n) is 2.81. The Bertz CT molecular complexity index is 818. The number of phenolic OH excluding ortho intramolecular Hbond substituents is 2. The van der Waals surface area contributed by atoms with Gasteiger partial charge in [-0.2, -0.15) is 0 Å². The topological polar surface area (TPSA) is 112 Å². The standard InChI is InChI=1S/C13H10N4O3S/c18-7-1-2-8(9(19)3-7)10(20)4-21-13-11-12(15-5-14-11)16-6-17-13/h1-3,5-6,18-19H,4H2,(H,14,15,16,17). The summed E-state index contributed by atoms with van der Waals surface area (Å²) in [4.78, 5) is 27.1. The average Bonchev–Trinajstić information content (AvgIpc) is 2.93. The van der Waals surface area contributed by atoms with Crippen molar-refractivity contribution in [2.24, 2.45) is 0 Å². The summed E-state index contributed by atoms with van der Waals surface area (Å²) in [6.45, 7) is 0. The number of aromatic amines is 1. The molecule has 0 unspecified atom stereocenters. The molecule has 3 aromatic rings. The highest BCUT2D eigenvalue weighted by molar-refractivity contribution is 8.00. The van der Waals surface area contributed by atoms with Crippen molar-refractivity contribution in [1.29, 1.82) is 0 Å². The van der Waals surface area contributed by atoms with Crippen molar-refractivity contribution in [2.45, 2.75) is 5.03 Å². The Morgan fingerprint density at radius 1 is 1.24 bits per heavy atom. The van der Waals surface area contributed by atoms with Crippen LogP contribution < -0.4 is 0 Å². The van der Waals surface area contributed by atoms with E-state index in [0.717, 1.165) is 6.07 Å². The number of imidazole rings is 1. The number of aromatic hydroxyl groups is 2. The molecule has 0 spiro atoms. The lowest BCUT2D eigenvalue weighted by atomic mass is 10.1. The van der Waals surface area contributed by atoms with Crippen molar-refractivity contribution in [2.75, 3.05) is 5.75 Å². The van der Waals surface area contributed by atoms with Crippen LogP contribution in [0.3, 0.4) is 0 Å². The van der Waals surface area contributed by atoms with Gasteiger partial charge in [0, 0.05) is 6.07 Å². The lowest BCUT2D eigenvalue weighted by Gasteiger charge is -2.04. The summed E-state index contributed by atoms with van der Waals surface area (Å²) in [5, 5.41) is 19.5. The fourth-order valence-corrected chi connectivity index (χ4v) is 2.66. The van der Waals surface area contributed by atoms with Crippen LogP contribution in [0.2, 0.25) is 0 Å². The number of hydrogen-bond donors (Lipinski definition) is 3. The normalized spacial score (nSPS) is 10.9. The second-order valence-electron chi connectivity index (χ2n) is 4.19. The van der Waals surface area contributed by atoms with E-state index in [4.69, 9.17) is 0 Å². The third-order valence-corrected chi connectivity index (χ3v) is 3.80. The molecule has 0 saturated heterocycles. The first-order valence-electron chi connectivity index (χ1n) is 5.97. The lowest BCUT2D eigenvalue weighted by Crippen LogP contribution is -2.03. The molecule has 0 aliphatic heterocycles. The summed E-state index contributed by atoms with van der Waals surface area (Å²) in [6.07, 6.45) is 2.89. The molecular formula is C13H10N4O3S. The van der Waals surface area contributed by atoms with Gasteiger partial charge in [-0.15, -0.1) is 0 Å². The number of H-pyrrole nitrogens is 1. The Balaban J connectivity index is 1.78. The van der Waals surface area contributed by atoms with Gasteiger partial charge in [0.2, 0.25) is 0 Å². The lowest BCUT2D eigenvalue weighted by molar-refractivity contribution is 0.102. The number of carbonyl (C=O) groups is 1. The molecule has 106 valence electrons. The summed E-state index contributed by atoms with van der Waals surface area (Å²) in [7, 11) is 0. The zero-order valence-electron chi connectivity index (χ0n) is 10.6. The Kier molecular flexibility index (Phi) is 3.44. The average molecular weight is 302 g/mol. The number of carbonyl (C=O) groups excluding carboxylic acids is 1. The smallest absolute Gasteiger partial charge is 0.181 e. The van der Waals surface area contributed by atoms with Crippen LogP contribution in [0.15, 0.2) is 35.9 Å². The number of ketones is 1. The number of Topliss-reactive ketones (excluding diaryl/α,β-unsaturated/α-hetero) is 1. The number of rotatable bonds is 4. The zero-order chi connectivity index (χ0) is 14.8. The molecule has 2 aromatic heterocycles. The van der Waals surface area contributed by atoms with Crippen LogP contribution >= 0.6 is 11.8 Å². The number of aromatic nitrogens is 4. The highest BCUT2D eigenvalue weighted by Gasteiger charge is 2.14. The first-order chi connectivity index (χ1) is 10.1. The quantitative estimate of drug-likeness (QED) is 0.382. The molecule has 0 aliphatic carbocycles. The summed E-state index contributed by atoms with van der Waals surface area (Å²) in [5.41, 5.74) is 1.37. The van der Waals surface area contributed by atoms with Gasteiger partial charge in [0.05, 0.1) is 17.6 Å². The van der Waals surface area contributed by atoms with Crippen LogP contribution in [0, 0.1) is 0 Å².